The first-order chi connectivity index (χ1) is 18.1. The Kier molecular flexibility index (Phi) is 4.08. The van der Waals surface area contributed by atoms with Crippen molar-refractivity contribution in [3.8, 4) is 23.1 Å². The molecule has 3 saturated carbocycles. The lowest BCUT2D eigenvalue weighted by Crippen LogP contribution is -2.18. The van der Waals surface area contributed by atoms with Gasteiger partial charge in [0.2, 0.25) is 0 Å². The number of nitrogens with zero attached hydrogens (tertiary/aromatic N) is 2. The van der Waals surface area contributed by atoms with Crippen LogP contribution in [0.4, 0.5) is 4.39 Å². The molecular weight excluding hydrogens is 461 g/mol. The van der Waals surface area contributed by atoms with Crippen molar-refractivity contribution in [2.45, 2.75) is 62.9 Å². The first kappa shape index (κ1) is 20.6. The third-order valence-electron chi connectivity index (χ3n) is 9.55. The van der Waals surface area contributed by atoms with Gasteiger partial charge in [0.1, 0.15) is 17.2 Å². The normalized spacial score (nSPS) is 30.3. The molecular formula is C31H28FN5. The minimum Gasteiger partial charge on any atom is -0.344 e. The van der Waals surface area contributed by atoms with E-state index in [1.807, 2.05) is 6.07 Å². The molecule has 37 heavy (non-hydrogen) atoms. The van der Waals surface area contributed by atoms with E-state index in [9.17, 15) is 4.39 Å². The quantitative estimate of drug-likeness (QED) is 0.325. The number of nitrogens with one attached hydrogen (secondary N) is 3. The highest BCUT2D eigenvalue weighted by atomic mass is 19.1. The molecule has 5 aliphatic rings. The molecule has 1 saturated heterocycles. The summed E-state index contributed by atoms with van der Waals surface area (Å²) in [5.74, 6) is 11.3. The van der Waals surface area contributed by atoms with E-state index in [4.69, 9.17) is 4.98 Å². The van der Waals surface area contributed by atoms with E-state index in [1.54, 1.807) is 0 Å². The van der Waals surface area contributed by atoms with Gasteiger partial charge in [-0.1, -0.05) is 17.9 Å². The zero-order valence-corrected chi connectivity index (χ0v) is 20.6. The number of piperidine rings is 1. The van der Waals surface area contributed by atoms with Gasteiger partial charge >= 0.3 is 0 Å². The van der Waals surface area contributed by atoms with Gasteiger partial charge in [-0.3, -0.25) is 0 Å². The molecule has 2 aromatic carbocycles. The summed E-state index contributed by atoms with van der Waals surface area (Å²) in [6.45, 7) is 0. The van der Waals surface area contributed by atoms with Gasteiger partial charge in [0.05, 0.1) is 17.3 Å². The molecule has 0 amide bonds. The van der Waals surface area contributed by atoms with Crippen LogP contribution in [0.2, 0.25) is 0 Å². The molecule has 1 unspecified atom stereocenters. The highest BCUT2D eigenvalue weighted by Gasteiger charge is 2.48. The zero-order valence-electron chi connectivity index (χ0n) is 20.6. The van der Waals surface area contributed by atoms with Crippen LogP contribution in [0.1, 0.15) is 78.1 Å². The van der Waals surface area contributed by atoms with Gasteiger partial charge in [-0.05, 0) is 92.5 Å². The van der Waals surface area contributed by atoms with Crippen molar-refractivity contribution in [3.63, 3.8) is 0 Å². The number of aromatic nitrogens is 4. The number of rotatable bonds is 2. The number of aromatic amines is 2. The maximum absolute atomic E-state index is 14.9. The predicted octanol–water partition coefficient (Wildman–Crippen LogP) is 5.53. The number of halogens is 1. The van der Waals surface area contributed by atoms with Gasteiger partial charge in [0, 0.05) is 34.3 Å². The van der Waals surface area contributed by atoms with Gasteiger partial charge in [0.15, 0.2) is 5.82 Å². The lowest BCUT2D eigenvalue weighted by molar-refractivity contribution is 0.542. The molecule has 6 heteroatoms. The van der Waals surface area contributed by atoms with Crippen LogP contribution in [0.5, 0.6) is 0 Å². The lowest BCUT2D eigenvalue weighted by Gasteiger charge is -2.15. The average Bonchev–Trinajstić information content (AvgIpc) is 3.50. The van der Waals surface area contributed by atoms with Gasteiger partial charge in [-0.25, -0.2) is 14.4 Å². The Bertz CT molecular complexity index is 1650. The van der Waals surface area contributed by atoms with Crippen LogP contribution in [-0.4, -0.2) is 26.0 Å². The highest BCUT2D eigenvalue weighted by molar-refractivity contribution is 5.78. The van der Waals surface area contributed by atoms with E-state index in [0.717, 1.165) is 59.0 Å². The van der Waals surface area contributed by atoms with Crippen LogP contribution in [-0.2, 0) is 12.8 Å². The van der Waals surface area contributed by atoms with Gasteiger partial charge in [0.25, 0.3) is 0 Å². The number of benzene rings is 2. The maximum Gasteiger partial charge on any atom is 0.152 e. The number of imidazole rings is 2. The second kappa shape index (κ2) is 7.33. The molecule has 4 aliphatic carbocycles. The molecule has 2 aromatic heterocycles. The van der Waals surface area contributed by atoms with E-state index in [1.165, 1.54) is 55.0 Å². The minimum absolute atomic E-state index is 0.297. The summed E-state index contributed by atoms with van der Waals surface area (Å²) >= 11 is 0. The molecule has 3 heterocycles. The first-order valence-corrected chi connectivity index (χ1v) is 13.8. The fourth-order valence-electron chi connectivity index (χ4n) is 7.34. The van der Waals surface area contributed by atoms with Crippen LogP contribution in [0.15, 0.2) is 30.3 Å². The molecule has 184 valence electrons. The van der Waals surface area contributed by atoms with Gasteiger partial charge in [-0.15, -0.1) is 0 Å². The van der Waals surface area contributed by atoms with Crippen LogP contribution in [0.3, 0.4) is 0 Å². The lowest BCUT2D eigenvalue weighted by atomic mass is 9.91. The molecule has 0 bridgehead atoms. The van der Waals surface area contributed by atoms with E-state index in [-0.39, 0.29) is 5.82 Å². The van der Waals surface area contributed by atoms with Crippen molar-refractivity contribution >= 4 is 11.0 Å². The minimum atomic E-state index is -0.297. The molecule has 3 N–H and O–H groups in total. The number of H-pyrrole nitrogens is 2. The third-order valence-corrected chi connectivity index (χ3v) is 9.55. The fraction of sp³-hybridized carbons (Fsp3) is 0.419. The molecule has 0 radical (unpaired) electrons. The van der Waals surface area contributed by atoms with Crippen LogP contribution in [0.25, 0.3) is 22.3 Å². The molecule has 0 spiro atoms. The van der Waals surface area contributed by atoms with Crippen LogP contribution in [0, 0.1) is 35.4 Å². The number of hydrogen-bond donors (Lipinski definition) is 3. The zero-order chi connectivity index (χ0) is 24.2. The largest absolute Gasteiger partial charge is 0.344 e. The average molecular weight is 490 g/mol. The highest BCUT2D eigenvalue weighted by Crippen LogP contribution is 2.57. The summed E-state index contributed by atoms with van der Waals surface area (Å²) in [6, 6.07) is 10.9. The van der Waals surface area contributed by atoms with E-state index < -0.39 is 0 Å². The van der Waals surface area contributed by atoms with Crippen molar-refractivity contribution in [3.05, 3.63) is 70.2 Å². The summed E-state index contributed by atoms with van der Waals surface area (Å²) in [4.78, 5) is 16.7. The van der Waals surface area contributed by atoms with Crippen LogP contribution >= 0.6 is 0 Å². The second-order valence-corrected chi connectivity index (χ2v) is 12.0. The summed E-state index contributed by atoms with van der Waals surface area (Å²) in [6.07, 6.45) is 8.23. The molecule has 6 atom stereocenters. The monoisotopic (exact) mass is 489 g/mol. The molecule has 4 aromatic rings. The van der Waals surface area contributed by atoms with Crippen molar-refractivity contribution in [1.82, 2.24) is 25.3 Å². The maximum atomic E-state index is 14.9. The Morgan fingerprint density at radius 3 is 2.57 bits per heavy atom. The molecule has 1 aliphatic heterocycles. The first-order valence-electron chi connectivity index (χ1n) is 13.8. The SMILES string of the molecule is Fc1cc(C#Cc2ccc3c(c2)CCc2[nH]c([C@@H]4C[C@H]5C[C@H]5N4)nc2-3)cc2[nH]c(C3C[C@@H]4C[C@@H]4C3)nc12. The summed E-state index contributed by atoms with van der Waals surface area (Å²) < 4.78 is 14.9. The van der Waals surface area contributed by atoms with Gasteiger partial charge < -0.3 is 15.3 Å². The Morgan fingerprint density at radius 1 is 0.811 bits per heavy atom. The Labute approximate surface area is 214 Å². The second-order valence-electron chi connectivity index (χ2n) is 12.0. The van der Waals surface area contributed by atoms with E-state index >= 15 is 0 Å². The summed E-state index contributed by atoms with van der Waals surface area (Å²) in [5.41, 5.74) is 7.66. The Hall–Kier alpha value is -3.43. The summed E-state index contributed by atoms with van der Waals surface area (Å²) in [5, 5.41) is 3.71. The van der Waals surface area contributed by atoms with Crippen LogP contribution < -0.4 is 5.32 Å². The van der Waals surface area contributed by atoms with E-state index in [2.05, 4.69) is 50.3 Å². The summed E-state index contributed by atoms with van der Waals surface area (Å²) in [7, 11) is 0. The number of aryl methyl sites for hydroxylation is 2. The van der Waals surface area contributed by atoms with Crippen molar-refractivity contribution < 1.29 is 4.39 Å². The molecule has 4 fully saturated rings. The smallest absolute Gasteiger partial charge is 0.152 e. The standard InChI is InChI=1S/C31H28FN5/c32-23-8-16(9-26-29(23)37-30(35-26)21-11-18-10-19(18)12-21)2-1-15-3-5-22-17(7-15)4-6-24-28(22)36-31(34-24)27-14-20-13-25(20)33-27/h3,5,7-9,18-21,25,27,33H,4,6,10-14H2,(H,34,36)(H,35,37)/t18-,19+,20-,21?,25-,27+/m1/s1. The number of fused-ring (bicyclic) bond motifs is 6. The van der Waals surface area contributed by atoms with Crippen molar-refractivity contribution in [1.29, 1.82) is 0 Å². The Morgan fingerprint density at radius 2 is 1.70 bits per heavy atom. The fourth-order valence-corrected chi connectivity index (χ4v) is 7.34. The third kappa shape index (κ3) is 3.33. The number of hydrogen-bond acceptors (Lipinski definition) is 3. The van der Waals surface area contributed by atoms with E-state index in [0.29, 0.717) is 29.1 Å². The Balaban J connectivity index is 0.989. The van der Waals surface area contributed by atoms with Crippen molar-refractivity contribution in [2.75, 3.05) is 0 Å². The molecule has 9 rings (SSSR count). The molecule has 5 nitrogen and oxygen atoms in total. The van der Waals surface area contributed by atoms with Gasteiger partial charge in [-0.2, -0.15) is 0 Å². The van der Waals surface area contributed by atoms with Crippen molar-refractivity contribution in [2.24, 2.45) is 17.8 Å². The predicted molar refractivity (Wildman–Crippen MR) is 139 cm³/mol. The topological polar surface area (TPSA) is 69.4 Å².